The SMILES string of the molecule is C=CCn1c(=O)c(N2CCC(NC(=O)NCc3ccc(C)cc3)CC2)nc2cccnc21. The van der Waals surface area contributed by atoms with Crippen molar-refractivity contribution in [1.82, 2.24) is 25.2 Å². The number of urea groups is 1. The Hall–Kier alpha value is -3.68. The first-order valence-corrected chi connectivity index (χ1v) is 10.9. The van der Waals surface area contributed by atoms with Gasteiger partial charge in [-0.25, -0.2) is 14.8 Å². The van der Waals surface area contributed by atoms with Crippen LogP contribution in [0.2, 0.25) is 0 Å². The Morgan fingerprint density at radius 3 is 2.69 bits per heavy atom. The van der Waals surface area contributed by atoms with E-state index in [-0.39, 0.29) is 17.6 Å². The molecule has 1 aromatic carbocycles. The summed E-state index contributed by atoms with van der Waals surface area (Å²) in [5.41, 5.74) is 3.33. The lowest BCUT2D eigenvalue weighted by Crippen LogP contribution is -2.49. The third-order valence-corrected chi connectivity index (χ3v) is 5.70. The molecular weight excluding hydrogens is 404 g/mol. The minimum Gasteiger partial charge on any atom is -0.352 e. The molecule has 3 heterocycles. The summed E-state index contributed by atoms with van der Waals surface area (Å²) in [4.78, 5) is 36.3. The summed E-state index contributed by atoms with van der Waals surface area (Å²) in [6.07, 6.45) is 4.83. The van der Waals surface area contributed by atoms with Gasteiger partial charge in [-0.2, -0.15) is 0 Å². The van der Waals surface area contributed by atoms with E-state index >= 15 is 0 Å². The van der Waals surface area contributed by atoms with Gasteiger partial charge in [-0.1, -0.05) is 35.9 Å². The van der Waals surface area contributed by atoms with Crippen molar-refractivity contribution in [2.75, 3.05) is 18.0 Å². The van der Waals surface area contributed by atoms with Crippen LogP contribution in [0.4, 0.5) is 10.6 Å². The van der Waals surface area contributed by atoms with Gasteiger partial charge in [-0.05, 0) is 37.5 Å². The van der Waals surface area contributed by atoms with Crippen molar-refractivity contribution in [3.63, 3.8) is 0 Å². The van der Waals surface area contributed by atoms with E-state index in [9.17, 15) is 9.59 Å². The second-order valence-corrected chi connectivity index (χ2v) is 8.06. The lowest BCUT2D eigenvalue weighted by atomic mass is 10.1. The highest BCUT2D eigenvalue weighted by Gasteiger charge is 2.24. The van der Waals surface area contributed by atoms with Crippen LogP contribution in [0.15, 0.2) is 60.0 Å². The lowest BCUT2D eigenvalue weighted by Gasteiger charge is -2.33. The zero-order valence-electron chi connectivity index (χ0n) is 18.3. The number of hydrogen-bond donors (Lipinski definition) is 2. The molecule has 2 amide bonds. The standard InChI is InChI=1S/C24H28N6O2/c1-3-13-30-21-20(5-4-12-25-21)28-22(23(30)31)29-14-10-19(11-15-29)27-24(32)26-16-18-8-6-17(2)7-9-18/h3-9,12,19H,1,10-11,13-16H2,2H3,(H2,26,27,32). The summed E-state index contributed by atoms with van der Waals surface area (Å²) in [6.45, 7) is 7.94. The topological polar surface area (TPSA) is 92.2 Å². The van der Waals surface area contributed by atoms with Crippen molar-refractivity contribution >= 4 is 23.0 Å². The van der Waals surface area contributed by atoms with Gasteiger partial charge in [0.05, 0.1) is 0 Å². The fourth-order valence-electron chi connectivity index (χ4n) is 3.93. The molecule has 0 bridgehead atoms. The van der Waals surface area contributed by atoms with Crippen LogP contribution in [-0.4, -0.2) is 39.7 Å². The molecule has 8 heteroatoms. The molecule has 1 aliphatic rings. The van der Waals surface area contributed by atoms with Crippen LogP contribution in [0.5, 0.6) is 0 Å². The minimum atomic E-state index is -0.174. The van der Waals surface area contributed by atoms with Crippen LogP contribution in [0.1, 0.15) is 24.0 Å². The molecule has 32 heavy (non-hydrogen) atoms. The number of hydrogen-bond acceptors (Lipinski definition) is 5. The molecule has 0 radical (unpaired) electrons. The molecular formula is C24H28N6O2. The number of nitrogens with one attached hydrogen (secondary N) is 2. The van der Waals surface area contributed by atoms with E-state index in [4.69, 9.17) is 0 Å². The van der Waals surface area contributed by atoms with E-state index in [0.717, 1.165) is 18.4 Å². The van der Waals surface area contributed by atoms with Crippen LogP contribution < -0.4 is 21.1 Å². The molecule has 2 aromatic heterocycles. The number of aryl methyl sites for hydroxylation is 1. The quantitative estimate of drug-likeness (QED) is 0.585. The zero-order valence-corrected chi connectivity index (χ0v) is 18.3. The number of fused-ring (bicyclic) bond motifs is 1. The second-order valence-electron chi connectivity index (χ2n) is 8.06. The fraction of sp³-hybridized carbons (Fsp3) is 0.333. The Balaban J connectivity index is 1.37. The number of carbonyl (C=O) groups excluding carboxylic acids is 1. The Morgan fingerprint density at radius 1 is 1.22 bits per heavy atom. The predicted molar refractivity (Wildman–Crippen MR) is 126 cm³/mol. The molecule has 0 atom stereocenters. The maximum Gasteiger partial charge on any atom is 0.315 e. The second kappa shape index (κ2) is 9.64. The van der Waals surface area contributed by atoms with Gasteiger partial charge in [0.2, 0.25) is 0 Å². The molecule has 1 aliphatic heterocycles. The third-order valence-electron chi connectivity index (χ3n) is 5.70. The van der Waals surface area contributed by atoms with E-state index in [0.29, 0.717) is 43.2 Å². The van der Waals surface area contributed by atoms with Crippen molar-refractivity contribution in [3.05, 3.63) is 76.7 Å². The highest BCUT2D eigenvalue weighted by molar-refractivity contribution is 5.74. The summed E-state index contributed by atoms with van der Waals surface area (Å²) >= 11 is 0. The number of amides is 2. The maximum atomic E-state index is 13.1. The van der Waals surface area contributed by atoms with Crippen molar-refractivity contribution < 1.29 is 4.79 Å². The van der Waals surface area contributed by atoms with Crippen LogP contribution in [-0.2, 0) is 13.1 Å². The molecule has 0 aliphatic carbocycles. The number of aromatic nitrogens is 3. The molecule has 1 fully saturated rings. The summed E-state index contributed by atoms with van der Waals surface area (Å²) in [7, 11) is 0. The van der Waals surface area contributed by atoms with Crippen LogP contribution in [0.3, 0.4) is 0 Å². The Morgan fingerprint density at radius 2 is 1.97 bits per heavy atom. The van der Waals surface area contributed by atoms with Crippen molar-refractivity contribution in [2.45, 2.75) is 38.9 Å². The summed E-state index contributed by atoms with van der Waals surface area (Å²) in [5, 5.41) is 5.96. The lowest BCUT2D eigenvalue weighted by molar-refractivity contribution is 0.234. The number of anilines is 1. The number of rotatable bonds is 6. The normalized spacial score (nSPS) is 14.3. The van der Waals surface area contributed by atoms with Gasteiger partial charge < -0.3 is 15.5 Å². The van der Waals surface area contributed by atoms with Crippen LogP contribution >= 0.6 is 0 Å². The molecule has 4 rings (SSSR count). The molecule has 8 nitrogen and oxygen atoms in total. The average Bonchev–Trinajstić information content (AvgIpc) is 2.81. The van der Waals surface area contributed by atoms with Crippen molar-refractivity contribution in [3.8, 4) is 0 Å². The number of carbonyl (C=O) groups is 1. The minimum absolute atomic E-state index is 0.0572. The summed E-state index contributed by atoms with van der Waals surface area (Å²) in [5.74, 6) is 0.426. The van der Waals surface area contributed by atoms with Crippen LogP contribution in [0.25, 0.3) is 11.2 Å². The van der Waals surface area contributed by atoms with E-state index < -0.39 is 0 Å². The smallest absolute Gasteiger partial charge is 0.315 e. The Kier molecular flexibility index (Phi) is 6.49. The first kappa shape index (κ1) is 21.5. The number of nitrogens with zero attached hydrogens (tertiary/aromatic N) is 4. The van der Waals surface area contributed by atoms with E-state index in [1.165, 1.54) is 5.56 Å². The van der Waals surface area contributed by atoms with Gasteiger partial charge in [-0.3, -0.25) is 9.36 Å². The largest absolute Gasteiger partial charge is 0.352 e. The monoisotopic (exact) mass is 432 g/mol. The first-order valence-electron chi connectivity index (χ1n) is 10.9. The Labute approximate surface area is 187 Å². The molecule has 2 N–H and O–H groups in total. The number of allylic oxidation sites excluding steroid dienone is 1. The maximum absolute atomic E-state index is 13.1. The van der Waals surface area contributed by atoms with Gasteiger partial charge in [0.15, 0.2) is 11.5 Å². The van der Waals surface area contributed by atoms with Crippen molar-refractivity contribution in [1.29, 1.82) is 0 Å². The number of piperidine rings is 1. The molecule has 0 spiro atoms. The van der Waals surface area contributed by atoms with E-state index in [1.807, 2.05) is 48.2 Å². The average molecular weight is 433 g/mol. The van der Waals surface area contributed by atoms with Gasteiger partial charge in [-0.15, -0.1) is 6.58 Å². The van der Waals surface area contributed by atoms with Crippen LogP contribution in [0, 0.1) is 6.92 Å². The highest BCUT2D eigenvalue weighted by atomic mass is 16.2. The number of benzene rings is 1. The van der Waals surface area contributed by atoms with Gasteiger partial charge in [0.25, 0.3) is 5.56 Å². The van der Waals surface area contributed by atoms with E-state index in [2.05, 4.69) is 27.2 Å². The molecule has 3 aromatic rings. The van der Waals surface area contributed by atoms with Gasteiger partial charge in [0, 0.05) is 38.4 Å². The zero-order chi connectivity index (χ0) is 22.5. The number of pyridine rings is 1. The molecule has 0 unspecified atom stereocenters. The van der Waals surface area contributed by atoms with Crippen molar-refractivity contribution in [2.24, 2.45) is 0 Å². The fourth-order valence-corrected chi connectivity index (χ4v) is 3.93. The van der Waals surface area contributed by atoms with Gasteiger partial charge in [0.1, 0.15) is 5.52 Å². The molecule has 1 saturated heterocycles. The highest BCUT2D eigenvalue weighted by Crippen LogP contribution is 2.18. The Bertz CT molecular complexity index is 1160. The predicted octanol–water partition coefficient (Wildman–Crippen LogP) is 2.75. The summed E-state index contributed by atoms with van der Waals surface area (Å²) in [6, 6.07) is 11.6. The van der Waals surface area contributed by atoms with Gasteiger partial charge >= 0.3 is 6.03 Å². The molecule has 0 saturated carbocycles. The molecule has 166 valence electrons. The third kappa shape index (κ3) is 4.80. The summed E-state index contributed by atoms with van der Waals surface area (Å²) < 4.78 is 1.60. The van der Waals surface area contributed by atoms with E-state index in [1.54, 1.807) is 16.8 Å². The first-order chi connectivity index (χ1) is 15.5.